The Hall–Kier alpha value is -1.62. The second kappa shape index (κ2) is 6.48. The van der Waals surface area contributed by atoms with Crippen LogP contribution in [0.25, 0.3) is 0 Å². The molecule has 1 aromatic carbocycles. The van der Waals surface area contributed by atoms with Crippen molar-refractivity contribution in [1.82, 2.24) is 10.2 Å². The van der Waals surface area contributed by atoms with Gasteiger partial charge in [-0.15, -0.1) is 0 Å². The molecule has 23 heavy (non-hydrogen) atoms. The number of amides is 2. The van der Waals surface area contributed by atoms with Crippen molar-refractivity contribution in [2.24, 2.45) is 5.73 Å². The molecule has 1 saturated heterocycles. The third-order valence-electron chi connectivity index (χ3n) is 4.52. The predicted molar refractivity (Wildman–Crippen MR) is 90.7 cm³/mol. The molecule has 1 heterocycles. The fourth-order valence-corrected chi connectivity index (χ4v) is 3.99. The van der Waals surface area contributed by atoms with Gasteiger partial charge in [-0.3, -0.25) is 0 Å². The van der Waals surface area contributed by atoms with Crippen LogP contribution in [0.4, 0.5) is 9.18 Å². The van der Waals surface area contributed by atoms with Crippen LogP contribution in [0.2, 0.25) is 0 Å². The standard InChI is InChI=1S/C18H28FN3O/c1-17(2)11-15(20)12-18(3,4)22(17)16(23)21-9-8-13-6-5-7-14(19)10-13/h5-7,10,15H,8-9,11-12,20H2,1-4H3,(H,21,23). The molecule has 1 aromatic rings. The zero-order chi connectivity index (χ0) is 17.3. The number of carbonyl (C=O) groups excluding carboxylic acids is 1. The third kappa shape index (κ3) is 4.22. The highest BCUT2D eigenvalue weighted by Gasteiger charge is 2.46. The maximum Gasteiger partial charge on any atom is 0.318 e. The molecule has 4 nitrogen and oxygen atoms in total. The predicted octanol–water partition coefficient (Wildman–Crippen LogP) is 3.06. The Bertz CT molecular complexity index is 553. The number of nitrogens with one attached hydrogen (secondary N) is 1. The monoisotopic (exact) mass is 321 g/mol. The van der Waals surface area contributed by atoms with Crippen molar-refractivity contribution in [3.8, 4) is 0 Å². The van der Waals surface area contributed by atoms with Gasteiger partial charge in [0.05, 0.1) is 0 Å². The van der Waals surface area contributed by atoms with E-state index in [0.717, 1.165) is 18.4 Å². The van der Waals surface area contributed by atoms with Crippen LogP contribution in [0.3, 0.4) is 0 Å². The molecule has 0 aromatic heterocycles. The molecule has 0 atom stereocenters. The van der Waals surface area contributed by atoms with Gasteiger partial charge in [-0.25, -0.2) is 9.18 Å². The lowest BCUT2D eigenvalue weighted by Gasteiger charge is -2.54. The smallest absolute Gasteiger partial charge is 0.318 e. The minimum absolute atomic E-state index is 0.0803. The highest BCUT2D eigenvalue weighted by Crippen LogP contribution is 2.37. The molecule has 128 valence electrons. The Labute approximate surface area is 138 Å². The second-order valence-corrected chi connectivity index (χ2v) is 7.74. The van der Waals surface area contributed by atoms with Crippen LogP contribution in [0.5, 0.6) is 0 Å². The lowest BCUT2D eigenvalue weighted by Crippen LogP contribution is -2.67. The maximum absolute atomic E-state index is 13.2. The molecule has 0 radical (unpaired) electrons. The Balaban J connectivity index is 1.98. The summed E-state index contributed by atoms with van der Waals surface area (Å²) in [5, 5.41) is 2.97. The number of urea groups is 1. The SMILES string of the molecule is CC1(C)CC(N)CC(C)(C)N1C(=O)NCCc1cccc(F)c1. The van der Waals surface area contributed by atoms with Crippen LogP contribution in [0, 0.1) is 5.82 Å². The highest BCUT2D eigenvalue weighted by molar-refractivity contribution is 5.76. The van der Waals surface area contributed by atoms with Gasteiger partial charge in [-0.2, -0.15) is 0 Å². The number of nitrogens with two attached hydrogens (primary N) is 1. The fourth-order valence-electron chi connectivity index (χ4n) is 3.99. The Morgan fingerprint density at radius 1 is 1.30 bits per heavy atom. The van der Waals surface area contributed by atoms with Gasteiger partial charge in [0, 0.05) is 23.7 Å². The summed E-state index contributed by atoms with van der Waals surface area (Å²) in [6.07, 6.45) is 2.18. The van der Waals surface area contributed by atoms with Crippen molar-refractivity contribution in [1.29, 1.82) is 0 Å². The first-order chi connectivity index (χ1) is 10.6. The quantitative estimate of drug-likeness (QED) is 0.899. The van der Waals surface area contributed by atoms with E-state index in [4.69, 9.17) is 5.73 Å². The summed E-state index contributed by atoms with van der Waals surface area (Å²) in [7, 11) is 0. The molecule has 3 N–H and O–H groups in total. The van der Waals surface area contributed by atoms with Crippen molar-refractivity contribution in [2.45, 2.75) is 64.1 Å². The topological polar surface area (TPSA) is 58.4 Å². The van der Waals surface area contributed by atoms with Crippen LogP contribution in [-0.2, 0) is 6.42 Å². The van der Waals surface area contributed by atoms with Crippen molar-refractivity contribution in [3.63, 3.8) is 0 Å². The van der Waals surface area contributed by atoms with Crippen LogP contribution < -0.4 is 11.1 Å². The minimum atomic E-state index is -0.288. The van der Waals surface area contributed by atoms with Gasteiger partial charge in [0.25, 0.3) is 0 Å². The second-order valence-electron chi connectivity index (χ2n) is 7.74. The van der Waals surface area contributed by atoms with Crippen LogP contribution >= 0.6 is 0 Å². The number of likely N-dealkylation sites (tertiary alicyclic amines) is 1. The van der Waals surface area contributed by atoms with E-state index in [1.54, 1.807) is 6.07 Å². The number of hydrogen-bond acceptors (Lipinski definition) is 2. The Kier molecular flexibility index (Phi) is 4.99. The molecule has 5 heteroatoms. The van der Waals surface area contributed by atoms with Gasteiger partial charge in [-0.05, 0) is 64.7 Å². The molecule has 2 amide bonds. The zero-order valence-electron chi connectivity index (χ0n) is 14.5. The van der Waals surface area contributed by atoms with Crippen LogP contribution in [0.15, 0.2) is 24.3 Å². The summed E-state index contributed by atoms with van der Waals surface area (Å²) >= 11 is 0. The van der Waals surface area contributed by atoms with E-state index in [1.807, 2.05) is 11.0 Å². The molecule has 1 aliphatic rings. The summed E-state index contributed by atoms with van der Waals surface area (Å²) in [5.41, 5.74) is 6.45. The first kappa shape index (κ1) is 17.7. The molecule has 0 spiro atoms. The zero-order valence-corrected chi connectivity index (χ0v) is 14.5. The lowest BCUT2D eigenvalue weighted by molar-refractivity contribution is 0.00325. The summed E-state index contributed by atoms with van der Waals surface area (Å²) in [5.74, 6) is -0.249. The van der Waals surface area contributed by atoms with Crippen molar-refractivity contribution in [2.75, 3.05) is 6.54 Å². The van der Waals surface area contributed by atoms with E-state index >= 15 is 0 Å². The summed E-state index contributed by atoms with van der Waals surface area (Å²) in [4.78, 5) is 14.6. The van der Waals surface area contributed by atoms with Gasteiger partial charge < -0.3 is 16.0 Å². The number of rotatable bonds is 3. The summed E-state index contributed by atoms with van der Waals surface area (Å²) < 4.78 is 13.2. The van der Waals surface area contributed by atoms with Gasteiger partial charge >= 0.3 is 6.03 Å². The fraction of sp³-hybridized carbons (Fsp3) is 0.611. The number of halogens is 1. The van der Waals surface area contributed by atoms with Crippen molar-refractivity contribution in [3.05, 3.63) is 35.6 Å². The van der Waals surface area contributed by atoms with Crippen molar-refractivity contribution >= 4 is 6.03 Å². The molecule has 0 bridgehead atoms. The highest BCUT2D eigenvalue weighted by atomic mass is 19.1. The lowest BCUT2D eigenvalue weighted by atomic mass is 9.77. The number of piperidine rings is 1. The van der Waals surface area contributed by atoms with E-state index in [1.165, 1.54) is 12.1 Å². The van der Waals surface area contributed by atoms with Crippen LogP contribution in [-0.4, -0.2) is 34.6 Å². The van der Waals surface area contributed by atoms with E-state index in [2.05, 4.69) is 33.0 Å². The normalized spacial score (nSPS) is 20.3. The first-order valence-corrected chi connectivity index (χ1v) is 8.20. The largest absolute Gasteiger partial charge is 0.338 e. The molecular formula is C18H28FN3O. The van der Waals surface area contributed by atoms with Gasteiger partial charge in [0.15, 0.2) is 0 Å². The molecule has 1 fully saturated rings. The van der Waals surface area contributed by atoms with Gasteiger partial charge in [-0.1, -0.05) is 12.1 Å². The average Bonchev–Trinajstić information content (AvgIpc) is 2.34. The van der Waals surface area contributed by atoms with Gasteiger partial charge in [0.2, 0.25) is 0 Å². The Morgan fingerprint density at radius 3 is 2.48 bits per heavy atom. The third-order valence-corrected chi connectivity index (χ3v) is 4.52. The number of hydrogen-bond donors (Lipinski definition) is 2. The van der Waals surface area contributed by atoms with E-state index in [0.29, 0.717) is 13.0 Å². The minimum Gasteiger partial charge on any atom is -0.338 e. The van der Waals surface area contributed by atoms with E-state index in [9.17, 15) is 9.18 Å². The molecule has 0 aliphatic carbocycles. The number of nitrogens with zero attached hydrogens (tertiary/aromatic N) is 1. The average molecular weight is 321 g/mol. The van der Waals surface area contributed by atoms with E-state index in [-0.39, 0.29) is 29.0 Å². The first-order valence-electron chi connectivity index (χ1n) is 8.20. The molecular weight excluding hydrogens is 293 g/mol. The molecule has 0 saturated carbocycles. The summed E-state index contributed by atoms with van der Waals surface area (Å²) in [6, 6.07) is 6.50. The van der Waals surface area contributed by atoms with E-state index < -0.39 is 0 Å². The number of carbonyl (C=O) groups is 1. The van der Waals surface area contributed by atoms with Crippen LogP contribution in [0.1, 0.15) is 46.1 Å². The maximum atomic E-state index is 13.2. The molecule has 0 unspecified atom stereocenters. The Morgan fingerprint density at radius 2 is 1.91 bits per heavy atom. The molecule has 1 aliphatic heterocycles. The van der Waals surface area contributed by atoms with Crippen molar-refractivity contribution < 1.29 is 9.18 Å². The van der Waals surface area contributed by atoms with Gasteiger partial charge in [0.1, 0.15) is 5.82 Å². The molecule has 2 rings (SSSR count). The summed E-state index contributed by atoms with van der Waals surface area (Å²) in [6.45, 7) is 8.71. The number of benzene rings is 1.